The van der Waals surface area contributed by atoms with E-state index in [1.165, 1.54) is 12.1 Å². The fourth-order valence-corrected chi connectivity index (χ4v) is 3.18. The molecule has 1 saturated carbocycles. The van der Waals surface area contributed by atoms with Crippen LogP contribution in [0.5, 0.6) is 11.5 Å². The first-order valence-electron chi connectivity index (χ1n) is 9.93. The van der Waals surface area contributed by atoms with Gasteiger partial charge in [0, 0.05) is 17.0 Å². The molecular weight excluding hydrogens is 371 g/mol. The molecule has 0 saturated heterocycles. The zero-order valence-corrected chi connectivity index (χ0v) is 17.0. The third kappa shape index (κ3) is 5.34. The lowest BCUT2D eigenvalue weighted by atomic mass is 9.95. The van der Waals surface area contributed by atoms with E-state index in [2.05, 4.69) is 10.6 Å². The van der Waals surface area contributed by atoms with Gasteiger partial charge in [0.2, 0.25) is 11.8 Å². The van der Waals surface area contributed by atoms with Gasteiger partial charge in [0.15, 0.2) is 11.6 Å². The van der Waals surface area contributed by atoms with Crippen molar-refractivity contribution in [2.45, 2.75) is 46.5 Å². The van der Waals surface area contributed by atoms with Gasteiger partial charge in [-0.25, -0.2) is 4.39 Å². The Morgan fingerprint density at radius 1 is 1.00 bits per heavy atom. The molecule has 0 unspecified atom stereocenters. The third-order valence-corrected chi connectivity index (χ3v) is 4.97. The van der Waals surface area contributed by atoms with E-state index in [9.17, 15) is 14.0 Å². The van der Waals surface area contributed by atoms with Crippen LogP contribution in [-0.4, -0.2) is 11.8 Å². The van der Waals surface area contributed by atoms with Crippen molar-refractivity contribution in [3.8, 4) is 11.5 Å². The maximum absolute atomic E-state index is 14.3. The lowest BCUT2D eigenvalue weighted by Gasteiger charge is -2.20. The largest absolute Gasteiger partial charge is 0.455 e. The van der Waals surface area contributed by atoms with E-state index in [0.29, 0.717) is 11.4 Å². The van der Waals surface area contributed by atoms with E-state index < -0.39 is 11.2 Å². The Labute approximate surface area is 170 Å². The normalized spacial score (nSPS) is 14.5. The summed E-state index contributed by atoms with van der Waals surface area (Å²) in [7, 11) is 0. The van der Waals surface area contributed by atoms with Gasteiger partial charge in [-0.05, 0) is 49.2 Å². The van der Waals surface area contributed by atoms with Gasteiger partial charge in [0.05, 0.1) is 0 Å². The van der Waals surface area contributed by atoms with Crippen LogP contribution in [0.1, 0.15) is 46.5 Å². The predicted octanol–water partition coefficient (Wildman–Crippen LogP) is 5.73. The number of amides is 2. The van der Waals surface area contributed by atoms with Crippen molar-refractivity contribution in [1.82, 2.24) is 0 Å². The minimum Gasteiger partial charge on any atom is -0.455 e. The first-order chi connectivity index (χ1) is 13.7. The first-order valence-corrected chi connectivity index (χ1v) is 9.93. The lowest BCUT2D eigenvalue weighted by molar-refractivity contribution is -0.123. The smallest absolute Gasteiger partial charge is 0.229 e. The number of nitrogens with one attached hydrogen (secondary N) is 2. The molecule has 6 heteroatoms. The molecule has 0 bridgehead atoms. The summed E-state index contributed by atoms with van der Waals surface area (Å²) in [6.07, 6.45) is 4.09. The summed E-state index contributed by atoms with van der Waals surface area (Å²) in [6.45, 7) is 5.26. The number of hydrogen-bond acceptors (Lipinski definition) is 3. The van der Waals surface area contributed by atoms with Crippen LogP contribution in [0, 0.1) is 17.2 Å². The summed E-state index contributed by atoms with van der Waals surface area (Å²) in [6, 6.07) is 11.3. The molecule has 1 aliphatic rings. The minimum atomic E-state index is -0.668. The Bertz CT molecular complexity index is 882. The number of para-hydroxylation sites is 1. The predicted molar refractivity (Wildman–Crippen MR) is 112 cm³/mol. The Kier molecular flexibility index (Phi) is 6.20. The van der Waals surface area contributed by atoms with E-state index in [1.807, 2.05) is 0 Å². The molecular formula is C23H27FN2O3. The van der Waals surface area contributed by atoms with E-state index >= 15 is 0 Å². The van der Waals surface area contributed by atoms with Crippen LogP contribution in [-0.2, 0) is 9.59 Å². The Morgan fingerprint density at radius 3 is 2.28 bits per heavy atom. The van der Waals surface area contributed by atoms with Gasteiger partial charge < -0.3 is 15.4 Å². The van der Waals surface area contributed by atoms with E-state index in [4.69, 9.17) is 4.74 Å². The third-order valence-electron chi connectivity index (χ3n) is 4.97. The maximum atomic E-state index is 14.3. The Hall–Kier alpha value is -2.89. The SMILES string of the molecule is CC(C)(C)C(=O)Nc1c(F)cccc1Oc1ccc(NC(=O)C2CCCC2)cc1. The summed E-state index contributed by atoms with van der Waals surface area (Å²) in [5, 5.41) is 5.54. The Balaban J connectivity index is 1.70. The summed E-state index contributed by atoms with van der Waals surface area (Å²) >= 11 is 0. The van der Waals surface area contributed by atoms with Crippen molar-refractivity contribution in [1.29, 1.82) is 0 Å². The van der Waals surface area contributed by atoms with Crippen LogP contribution in [0.25, 0.3) is 0 Å². The number of anilines is 2. The van der Waals surface area contributed by atoms with Gasteiger partial charge in [0.1, 0.15) is 11.4 Å². The van der Waals surface area contributed by atoms with Gasteiger partial charge in [-0.1, -0.05) is 39.7 Å². The molecule has 1 fully saturated rings. The molecule has 0 aliphatic heterocycles. The van der Waals surface area contributed by atoms with E-state index in [0.717, 1.165) is 25.7 Å². The number of benzene rings is 2. The highest BCUT2D eigenvalue weighted by molar-refractivity contribution is 5.96. The topological polar surface area (TPSA) is 67.4 Å². The molecule has 3 rings (SSSR count). The molecule has 2 N–H and O–H groups in total. The molecule has 2 aromatic carbocycles. The van der Waals surface area contributed by atoms with Crippen LogP contribution < -0.4 is 15.4 Å². The van der Waals surface area contributed by atoms with E-state index in [-0.39, 0.29) is 29.2 Å². The highest BCUT2D eigenvalue weighted by Gasteiger charge is 2.24. The molecule has 0 atom stereocenters. The highest BCUT2D eigenvalue weighted by Crippen LogP contribution is 2.33. The van der Waals surface area contributed by atoms with Crippen molar-refractivity contribution < 1.29 is 18.7 Å². The fourth-order valence-electron chi connectivity index (χ4n) is 3.18. The second-order valence-corrected chi connectivity index (χ2v) is 8.41. The molecule has 0 aromatic heterocycles. The van der Waals surface area contributed by atoms with Gasteiger partial charge in [0.25, 0.3) is 0 Å². The van der Waals surface area contributed by atoms with Gasteiger partial charge in [-0.15, -0.1) is 0 Å². The van der Waals surface area contributed by atoms with Crippen molar-refractivity contribution in [3.63, 3.8) is 0 Å². The van der Waals surface area contributed by atoms with Gasteiger partial charge in [-0.3, -0.25) is 9.59 Å². The molecule has 154 valence electrons. The molecule has 29 heavy (non-hydrogen) atoms. The summed E-state index contributed by atoms with van der Waals surface area (Å²) < 4.78 is 20.1. The fraction of sp³-hybridized carbons (Fsp3) is 0.391. The Morgan fingerprint density at radius 2 is 1.66 bits per heavy atom. The zero-order valence-electron chi connectivity index (χ0n) is 17.0. The van der Waals surface area contributed by atoms with Crippen molar-refractivity contribution in [2.75, 3.05) is 10.6 Å². The van der Waals surface area contributed by atoms with Crippen LogP contribution in [0.3, 0.4) is 0 Å². The number of hydrogen-bond donors (Lipinski definition) is 2. The number of carbonyl (C=O) groups is 2. The number of carbonyl (C=O) groups excluding carboxylic acids is 2. The molecule has 2 aromatic rings. The van der Waals surface area contributed by atoms with Gasteiger partial charge in [-0.2, -0.15) is 0 Å². The standard InChI is InChI=1S/C23H27FN2O3/c1-23(2,3)22(28)26-20-18(24)9-6-10-19(20)29-17-13-11-16(12-14-17)25-21(27)15-7-4-5-8-15/h6,9-15H,4-5,7-8H2,1-3H3,(H,25,27)(H,26,28). The van der Waals surface area contributed by atoms with Gasteiger partial charge >= 0.3 is 0 Å². The zero-order chi connectivity index (χ0) is 21.0. The van der Waals surface area contributed by atoms with Crippen LogP contribution in [0.4, 0.5) is 15.8 Å². The molecule has 5 nitrogen and oxygen atoms in total. The number of ether oxygens (including phenoxy) is 1. The van der Waals surface area contributed by atoms with Crippen molar-refractivity contribution >= 4 is 23.2 Å². The molecule has 0 radical (unpaired) electrons. The summed E-state index contributed by atoms with van der Waals surface area (Å²) in [5.41, 5.74) is 0.0272. The minimum absolute atomic E-state index is 0.00559. The summed E-state index contributed by atoms with van der Waals surface area (Å²) in [4.78, 5) is 24.5. The second kappa shape index (κ2) is 8.64. The lowest BCUT2D eigenvalue weighted by Crippen LogP contribution is -2.28. The molecule has 0 spiro atoms. The second-order valence-electron chi connectivity index (χ2n) is 8.41. The quantitative estimate of drug-likeness (QED) is 0.676. The van der Waals surface area contributed by atoms with Crippen molar-refractivity contribution in [2.24, 2.45) is 11.3 Å². The average molecular weight is 398 g/mol. The monoisotopic (exact) mass is 398 g/mol. The molecule has 1 aliphatic carbocycles. The number of rotatable bonds is 5. The molecule has 0 heterocycles. The average Bonchev–Trinajstić information content (AvgIpc) is 3.20. The summed E-state index contributed by atoms with van der Waals surface area (Å²) in [5.74, 6) is -0.0512. The van der Waals surface area contributed by atoms with Crippen LogP contribution >= 0.6 is 0 Å². The van der Waals surface area contributed by atoms with Crippen molar-refractivity contribution in [3.05, 3.63) is 48.3 Å². The van der Waals surface area contributed by atoms with E-state index in [1.54, 1.807) is 51.1 Å². The highest BCUT2D eigenvalue weighted by atomic mass is 19.1. The van der Waals surface area contributed by atoms with Crippen LogP contribution in [0.2, 0.25) is 0 Å². The maximum Gasteiger partial charge on any atom is 0.229 e. The first kappa shape index (κ1) is 20.8. The number of halogens is 1. The molecule has 2 amide bonds. The van der Waals surface area contributed by atoms with Crippen LogP contribution in [0.15, 0.2) is 42.5 Å².